The van der Waals surface area contributed by atoms with Gasteiger partial charge in [-0.3, -0.25) is 19.2 Å². The van der Waals surface area contributed by atoms with Crippen molar-refractivity contribution in [1.29, 1.82) is 0 Å². The first-order valence-corrected chi connectivity index (χ1v) is 18.3. The van der Waals surface area contributed by atoms with E-state index in [4.69, 9.17) is 4.74 Å². The zero-order valence-corrected chi connectivity index (χ0v) is 30.0. The molecule has 1 saturated heterocycles. The molecule has 6 rings (SSSR count). The predicted octanol–water partition coefficient (Wildman–Crippen LogP) is 7.61. The maximum Gasteiger partial charge on any atom is 0.309 e. The second-order valence-corrected chi connectivity index (χ2v) is 18.6. The number of rotatable bonds is 6. The number of ketones is 1. The van der Waals surface area contributed by atoms with Crippen LogP contribution < -0.4 is 0 Å². The average Bonchev–Trinajstić information content (AvgIpc) is 3.22. The number of hydrogen-bond acceptors (Lipinski definition) is 5. The topological polar surface area (TPSA) is 101 Å². The van der Waals surface area contributed by atoms with Crippen molar-refractivity contribution < 1.29 is 29.0 Å². The molecule has 8 atom stereocenters. The van der Waals surface area contributed by atoms with Crippen LogP contribution in [0.25, 0.3) is 0 Å². The molecule has 1 N–H and O–H groups in total. The van der Waals surface area contributed by atoms with Crippen LogP contribution in [-0.4, -0.2) is 52.8 Å². The molecule has 1 heterocycles. The van der Waals surface area contributed by atoms with Crippen molar-refractivity contribution in [1.82, 2.24) is 4.90 Å². The fourth-order valence-corrected chi connectivity index (χ4v) is 12.5. The Labute approximate surface area is 276 Å². The maximum atomic E-state index is 14.2. The third-order valence-corrected chi connectivity index (χ3v) is 15.4. The Morgan fingerprint density at radius 2 is 1.59 bits per heavy atom. The van der Waals surface area contributed by atoms with Gasteiger partial charge >= 0.3 is 11.9 Å². The molecular weight excluding hydrogens is 578 g/mol. The molecule has 1 aliphatic heterocycles. The summed E-state index contributed by atoms with van der Waals surface area (Å²) in [6, 6.07) is 0. The number of fused-ring (bicyclic) bond motifs is 7. The molecule has 0 bridgehead atoms. The normalized spacial score (nSPS) is 41.6. The average molecular weight is 638 g/mol. The maximum absolute atomic E-state index is 14.2. The van der Waals surface area contributed by atoms with E-state index in [1.807, 2.05) is 4.90 Å². The number of carbonyl (C=O) groups excluding carboxylic acids is 3. The number of carbonyl (C=O) groups is 4. The van der Waals surface area contributed by atoms with Gasteiger partial charge in [0.25, 0.3) is 0 Å². The molecule has 5 aliphatic carbocycles. The van der Waals surface area contributed by atoms with E-state index in [1.165, 1.54) is 5.57 Å². The van der Waals surface area contributed by atoms with Gasteiger partial charge in [0.15, 0.2) is 5.78 Å². The predicted molar refractivity (Wildman–Crippen MR) is 177 cm³/mol. The number of likely N-dealkylation sites (tertiary alicyclic amines) is 1. The van der Waals surface area contributed by atoms with Crippen LogP contribution in [0.2, 0.25) is 0 Å². The Morgan fingerprint density at radius 1 is 0.913 bits per heavy atom. The second-order valence-electron chi connectivity index (χ2n) is 18.6. The van der Waals surface area contributed by atoms with Crippen molar-refractivity contribution in [2.24, 2.45) is 56.2 Å². The summed E-state index contributed by atoms with van der Waals surface area (Å²) in [5.74, 6) is 0.290. The van der Waals surface area contributed by atoms with Gasteiger partial charge in [0.2, 0.25) is 5.91 Å². The highest BCUT2D eigenvalue weighted by atomic mass is 16.5. The van der Waals surface area contributed by atoms with Crippen LogP contribution in [0, 0.1) is 56.2 Å². The minimum absolute atomic E-state index is 0.00140. The van der Waals surface area contributed by atoms with Crippen LogP contribution in [0.3, 0.4) is 0 Å². The first-order chi connectivity index (χ1) is 21.3. The van der Waals surface area contributed by atoms with Crippen LogP contribution in [0.15, 0.2) is 11.1 Å². The van der Waals surface area contributed by atoms with Gasteiger partial charge < -0.3 is 14.7 Å². The van der Waals surface area contributed by atoms with Crippen molar-refractivity contribution >= 4 is 23.6 Å². The summed E-state index contributed by atoms with van der Waals surface area (Å²) in [6.07, 6.45) is 8.87. The Morgan fingerprint density at radius 3 is 2.17 bits per heavy atom. The molecule has 256 valence electrons. The summed E-state index contributed by atoms with van der Waals surface area (Å²) in [5.41, 5.74) is 0.341. The van der Waals surface area contributed by atoms with Crippen molar-refractivity contribution in [3.05, 3.63) is 11.1 Å². The van der Waals surface area contributed by atoms with E-state index in [0.29, 0.717) is 18.3 Å². The third kappa shape index (κ3) is 4.47. The first kappa shape index (κ1) is 33.7. The van der Waals surface area contributed by atoms with Gasteiger partial charge in [-0.2, -0.15) is 0 Å². The molecule has 4 saturated carbocycles. The lowest BCUT2D eigenvalue weighted by atomic mass is 9.33. The molecule has 0 radical (unpaired) electrons. The number of nitrogens with zero attached hydrogens (tertiary/aromatic N) is 1. The molecular formula is C39H59NO6. The van der Waals surface area contributed by atoms with Gasteiger partial charge in [0.1, 0.15) is 6.10 Å². The molecule has 7 heteroatoms. The number of carboxylic acids is 1. The molecule has 0 aromatic rings. The Bertz CT molecular complexity index is 1370. The van der Waals surface area contributed by atoms with Gasteiger partial charge in [0.05, 0.1) is 17.3 Å². The van der Waals surface area contributed by atoms with Gasteiger partial charge in [-0.15, -0.1) is 0 Å². The number of Topliss-reactive ketones (excluding diaryl/α,β-unsaturated/α-hetero) is 1. The van der Waals surface area contributed by atoms with E-state index in [1.54, 1.807) is 13.8 Å². The molecule has 0 unspecified atom stereocenters. The molecule has 0 aromatic carbocycles. The molecule has 46 heavy (non-hydrogen) atoms. The smallest absolute Gasteiger partial charge is 0.309 e. The van der Waals surface area contributed by atoms with E-state index >= 15 is 0 Å². The third-order valence-electron chi connectivity index (χ3n) is 15.4. The summed E-state index contributed by atoms with van der Waals surface area (Å²) in [5, 5.41) is 9.56. The zero-order chi connectivity index (χ0) is 33.8. The van der Waals surface area contributed by atoms with E-state index in [0.717, 1.165) is 76.5 Å². The lowest BCUT2D eigenvalue weighted by molar-refractivity contribution is -0.233. The van der Waals surface area contributed by atoms with Crippen LogP contribution in [0.4, 0.5) is 0 Å². The van der Waals surface area contributed by atoms with E-state index in [2.05, 4.69) is 48.5 Å². The minimum Gasteiger partial charge on any atom is -0.481 e. The van der Waals surface area contributed by atoms with Crippen LogP contribution >= 0.6 is 0 Å². The summed E-state index contributed by atoms with van der Waals surface area (Å²) in [6.45, 7) is 21.2. The minimum atomic E-state index is -1.16. The molecule has 6 aliphatic rings. The number of ether oxygens (including phenoxy) is 1. The van der Waals surface area contributed by atoms with Gasteiger partial charge in [-0.1, -0.05) is 48.5 Å². The fourth-order valence-electron chi connectivity index (χ4n) is 12.5. The molecule has 7 nitrogen and oxygen atoms in total. The number of carboxylic acid groups (broad SMARTS) is 1. The Balaban J connectivity index is 1.31. The summed E-state index contributed by atoms with van der Waals surface area (Å²) in [7, 11) is 0. The lowest BCUT2D eigenvalue weighted by Gasteiger charge is -2.72. The standard InChI is InChI=1S/C39H59NO6/c1-23(2)30-25(41)21-39(32(43)40-19-10-20-40)18-17-37(8)24(31(30)39)11-12-27-36(7)15-14-28(46-29(42)22-34(3,4)33(44)45)35(5,6)26(36)13-16-38(27,37)9/h23-24,26-28H,10-22H2,1-9H3,(H,44,45)/t24-,26+,27-,28+,36+,37-,38-,39-/m1/s1. The summed E-state index contributed by atoms with van der Waals surface area (Å²) >= 11 is 0. The van der Waals surface area contributed by atoms with E-state index in [9.17, 15) is 24.3 Å². The lowest BCUT2D eigenvalue weighted by Crippen LogP contribution is -2.66. The summed E-state index contributed by atoms with van der Waals surface area (Å²) < 4.78 is 6.14. The molecule has 5 fully saturated rings. The van der Waals surface area contributed by atoms with Crippen LogP contribution in [-0.2, 0) is 23.9 Å². The van der Waals surface area contributed by atoms with E-state index < -0.39 is 22.8 Å². The quantitative estimate of drug-likeness (QED) is 0.301. The molecule has 1 amide bonds. The monoisotopic (exact) mass is 637 g/mol. The number of esters is 1. The van der Waals surface area contributed by atoms with E-state index in [-0.39, 0.29) is 57.7 Å². The number of hydrogen-bond donors (Lipinski definition) is 1. The highest BCUT2D eigenvalue weighted by molar-refractivity contribution is 6.07. The van der Waals surface area contributed by atoms with Gasteiger partial charge in [0, 0.05) is 24.9 Å². The van der Waals surface area contributed by atoms with Crippen molar-refractivity contribution in [3.8, 4) is 0 Å². The summed E-state index contributed by atoms with van der Waals surface area (Å²) in [4.78, 5) is 54.8. The zero-order valence-electron chi connectivity index (χ0n) is 30.0. The van der Waals surface area contributed by atoms with Crippen molar-refractivity contribution in [3.63, 3.8) is 0 Å². The van der Waals surface area contributed by atoms with Gasteiger partial charge in [-0.25, -0.2) is 0 Å². The van der Waals surface area contributed by atoms with Crippen molar-refractivity contribution in [2.45, 2.75) is 139 Å². The number of amides is 1. The van der Waals surface area contributed by atoms with Gasteiger partial charge in [-0.05, 0) is 123 Å². The number of aliphatic carboxylic acids is 1. The van der Waals surface area contributed by atoms with Crippen LogP contribution in [0.5, 0.6) is 0 Å². The molecule has 0 aromatic heterocycles. The Kier molecular flexibility index (Phi) is 7.81. The fraction of sp³-hybridized carbons (Fsp3) is 0.846. The Hall–Kier alpha value is -2.18. The highest BCUT2D eigenvalue weighted by Crippen LogP contribution is 2.77. The number of allylic oxidation sites excluding steroid dienone is 1. The molecule has 0 spiro atoms. The SMILES string of the molecule is CC(C)C1=C2[C@H]3CC[C@@H]4[C@@]5(C)CC[C@H](OC(=O)CC(C)(C)C(=O)O)C(C)(C)[C@@H]5CC[C@@]4(C)[C@]3(C)CC[C@@]2(C(=O)N2CCC2)CC1=O. The first-order valence-electron chi connectivity index (χ1n) is 18.3. The largest absolute Gasteiger partial charge is 0.481 e. The second kappa shape index (κ2) is 10.7. The van der Waals surface area contributed by atoms with Crippen LogP contribution in [0.1, 0.15) is 133 Å². The highest BCUT2D eigenvalue weighted by Gasteiger charge is 2.71. The van der Waals surface area contributed by atoms with Crippen molar-refractivity contribution in [2.75, 3.05) is 13.1 Å².